The molecule has 1 heterocycles. The lowest BCUT2D eigenvalue weighted by Crippen LogP contribution is -2.38. The molecule has 2 aromatic rings. The zero-order chi connectivity index (χ0) is 14.5. The van der Waals surface area contributed by atoms with E-state index in [1.54, 1.807) is 0 Å². The Balaban J connectivity index is 1.88. The molecule has 2 heteroatoms. The molecule has 0 aliphatic carbocycles. The van der Waals surface area contributed by atoms with Crippen molar-refractivity contribution in [1.29, 1.82) is 0 Å². The number of rotatable bonds is 5. The van der Waals surface area contributed by atoms with Gasteiger partial charge >= 0.3 is 0 Å². The summed E-state index contributed by atoms with van der Waals surface area (Å²) in [6.45, 7) is 4.68. The molecule has 3 rings (SSSR count). The van der Waals surface area contributed by atoms with Crippen molar-refractivity contribution in [2.45, 2.75) is 24.6 Å². The molecule has 0 radical (unpaired) electrons. The third kappa shape index (κ3) is 3.23. The van der Waals surface area contributed by atoms with E-state index in [0.29, 0.717) is 6.04 Å². The average Bonchev–Trinajstić information content (AvgIpc) is 3.01. The van der Waals surface area contributed by atoms with Crippen LogP contribution in [-0.2, 0) is 4.74 Å². The van der Waals surface area contributed by atoms with Gasteiger partial charge in [-0.25, -0.2) is 0 Å². The summed E-state index contributed by atoms with van der Waals surface area (Å²) in [6.07, 6.45) is 3.02. The number of hydrogen-bond donors (Lipinski definition) is 1. The Labute approximate surface area is 126 Å². The van der Waals surface area contributed by atoms with E-state index < -0.39 is 0 Å². The van der Waals surface area contributed by atoms with Crippen LogP contribution in [0, 0.1) is 0 Å². The van der Waals surface area contributed by atoms with E-state index in [0.717, 1.165) is 13.0 Å². The molecular weight excluding hydrogens is 258 g/mol. The molecule has 1 N–H and O–H groups in total. The maximum atomic E-state index is 5.71. The monoisotopic (exact) mass is 279 g/mol. The van der Waals surface area contributed by atoms with Crippen molar-refractivity contribution in [3.8, 4) is 0 Å². The fourth-order valence-corrected chi connectivity index (χ4v) is 2.91. The lowest BCUT2D eigenvalue weighted by molar-refractivity contribution is 0.133. The Morgan fingerprint density at radius 1 is 1.00 bits per heavy atom. The van der Waals surface area contributed by atoms with Gasteiger partial charge in [0.05, 0.1) is 12.1 Å². The lowest BCUT2D eigenvalue weighted by atomic mass is 9.96. The van der Waals surface area contributed by atoms with Crippen LogP contribution in [0.4, 0.5) is 0 Å². The van der Waals surface area contributed by atoms with E-state index >= 15 is 0 Å². The highest BCUT2D eigenvalue weighted by Gasteiger charge is 2.28. The predicted molar refractivity (Wildman–Crippen MR) is 86.2 cm³/mol. The van der Waals surface area contributed by atoms with Gasteiger partial charge in [0.25, 0.3) is 0 Å². The summed E-state index contributed by atoms with van der Waals surface area (Å²) < 4.78 is 5.71. The van der Waals surface area contributed by atoms with Crippen LogP contribution in [0.2, 0.25) is 0 Å². The molecular formula is C19H21NO. The van der Waals surface area contributed by atoms with Crippen molar-refractivity contribution < 1.29 is 4.74 Å². The van der Waals surface area contributed by atoms with Crippen molar-refractivity contribution in [3.05, 3.63) is 84.4 Å². The summed E-state index contributed by atoms with van der Waals surface area (Å²) in [7, 11) is 0. The Morgan fingerprint density at radius 2 is 1.57 bits per heavy atom. The summed E-state index contributed by atoms with van der Waals surface area (Å²) in [5.41, 5.74) is 2.55. The molecule has 1 aliphatic rings. The topological polar surface area (TPSA) is 21.3 Å². The fourth-order valence-electron chi connectivity index (χ4n) is 2.91. The Bertz CT molecular complexity index is 527. The molecule has 1 saturated heterocycles. The van der Waals surface area contributed by atoms with Crippen LogP contribution < -0.4 is 5.32 Å². The van der Waals surface area contributed by atoms with E-state index in [1.165, 1.54) is 11.1 Å². The highest BCUT2D eigenvalue weighted by Crippen LogP contribution is 2.25. The van der Waals surface area contributed by atoms with Crippen molar-refractivity contribution in [2.24, 2.45) is 0 Å². The zero-order valence-corrected chi connectivity index (χ0v) is 12.1. The Kier molecular flexibility index (Phi) is 4.49. The van der Waals surface area contributed by atoms with Gasteiger partial charge in [-0.1, -0.05) is 66.7 Å². The standard InChI is InChI=1S/C19H21NO/c1-2-18-17(13-14-21-18)20-19(15-9-5-3-6-10-15)16-11-7-4-8-12-16/h2-12,17-20H,1,13-14H2/t17-,18+/m0/s1. The molecule has 108 valence electrons. The molecule has 0 saturated carbocycles. The summed E-state index contributed by atoms with van der Waals surface area (Å²) in [5, 5.41) is 3.75. The number of benzene rings is 2. The van der Waals surface area contributed by atoms with Crippen LogP contribution in [0.15, 0.2) is 73.3 Å². The second kappa shape index (κ2) is 6.70. The average molecular weight is 279 g/mol. The third-order valence-electron chi connectivity index (χ3n) is 4.01. The van der Waals surface area contributed by atoms with Gasteiger partial charge in [0.15, 0.2) is 0 Å². The van der Waals surface area contributed by atoms with Crippen LogP contribution >= 0.6 is 0 Å². The minimum absolute atomic E-state index is 0.0972. The second-order valence-electron chi connectivity index (χ2n) is 5.39. The highest BCUT2D eigenvalue weighted by atomic mass is 16.5. The van der Waals surface area contributed by atoms with E-state index in [-0.39, 0.29) is 12.1 Å². The van der Waals surface area contributed by atoms with Gasteiger partial charge in [0.2, 0.25) is 0 Å². The molecule has 2 nitrogen and oxygen atoms in total. The van der Waals surface area contributed by atoms with Crippen LogP contribution in [0.3, 0.4) is 0 Å². The van der Waals surface area contributed by atoms with Crippen molar-refractivity contribution in [3.63, 3.8) is 0 Å². The predicted octanol–water partition coefficient (Wildman–Crippen LogP) is 3.71. The van der Waals surface area contributed by atoms with Gasteiger partial charge in [0, 0.05) is 12.6 Å². The Morgan fingerprint density at radius 3 is 2.10 bits per heavy atom. The first-order valence-corrected chi connectivity index (χ1v) is 7.48. The van der Waals surface area contributed by atoms with Gasteiger partial charge in [-0.3, -0.25) is 0 Å². The lowest BCUT2D eigenvalue weighted by Gasteiger charge is -2.26. The van der Waals surface area contributed by atoms with E-state index in [2.05, 4.69) is 72.6 Å². The van der Waals surface area contributed by atoms with Gasteiger partial charge in [0.1, 0.15) is 0 Å². The first-order valence-electron chi connectivity index (χ1n) is 7.48. The first-order chi connectivity index (χ1) is 10.4. The molecule has 1 fully saturated rings. The van der Waals surface area contributed by atoms with Gasteiger partial charge in [-0.2, -0.15) is 0 Å². The van der Waals surface area contributed by atoms with Crippen LogP contribution in [0.1, 0.15) is 23.6 Å². The summed E-state index contributed by atoms with van der Waals surface area (Å²) in [6, 6.07) is 21.6. The van der Waals surface area contributed by atoms with Gasteiger partial charge < -0.3 is 10.1 Å². The molecule has 2 aromatic carbocycles. The quantitative estimate of drug-likeness (QED) is 0.842. The van der Waals surface area contributed by atoms with Crippen LogP contribution in [0.25, 0.3) is 0 Å². The molecule has 1 aliphatic heterocycles. The van der Waals surface area contributed by atoms with Gasteiger partial charge in [-0.05, 0) is 17.5 Å². The van der Waals surface area contributed by atoms with Crippen molar-refractivity contribution in [1.82, 2.24) is 5.32 Å². The van der Waals surface area contributed by atoms with Crippen LogP contribution in [-0.4, -0.2) is 18.8 Å². The van der Waals surface area contributed by atoms with E-state index in [1.807, 2.05) is 6.08 Å². The zero-order valence-electron chi connectivity index (χ0n) is 12.1. The SMILES string of the molecule is C=C[C@H]1OCC[C@@H]1NC(c1ccccc1)c1ccccc1. The van der Waals surface area contributed by atoms with Gasteiger partial charge in [-0.15, -0.1) is 6.58 Å². The molecule has 0 aromatic heterocycles. The van der Waals surface area contributed by atoms with Crippen molar-refractivity contribution >= 4 is 0 Å². The minimum Gasteiger partial charge on any atom is -0.372 e. The minimum atomic E-state index is 0.0972. The largest absolute Gasteiger partial charge is 0.372 e. The summed E-state index contributed by atoms with van der Waals surface area (Å²) in [4.78, 5) is 0. The normalized spacial score (nSPS) is 21.6. The molecule has 2 atom stereocenters. The molecule has 0 spiro atoms. The second-order valence-corrected chi connectivity index (χ2v) is 5.39. The molecule has 21 heavy (non-hydrogen) atoms. The molecule has 0 unspecified atom stereocenters. The fraction of sp³-hybridized carbons (Fsp3) is 0.263. The number of nitrogens with one attached hydrogen (secondary N) is 1. The maximum Gasteiger partial charge on any atom is 0.0907 e. The number of hydrogen-bond acceptors (Lipinski definition) is 2. The molecule has 0 bridgehead atoms. The molecule has 0 amide bonds. The van der Waals surface area contributed by atoms with E-state index in [9.17, 15) is 0 Å². The summed E-state index contributed by atoms with van der Waals surface area (Å²) >= 11 is 0. The maximum absolute atomic E-state index is 5.71. The van der Waals surface area contributed by atoms with Crippen LogP contribution in [0.5, 0.6) is 0 Å². The number of ether oxygens (including phenoxy) is 1. The smallest absolute Gasteiger partial charge is 0.0907 e. The van der Waals surface area contributed by atoms with E-state index in [4.69, 9.17) is 4.74 Å². The highest BCUT2D eigenvalue weighted by molar-refractivity contribution is 5.32. The van der Waals surface area contributed by atoms with Crippen molar-refractivity contribution in [2.75, 3.05) is 6.61 Å². The first kappa shape index (κ1) is 14.1. The third-order valence-corrected chi connectivity index (χ3v) is 4.01. The summed E-state index contributed by atoms with van der Waals surface area (Å²) in [5.74, 6) is 0. The Hall–Kier alpha value is -1.90.